The van der Waals surface area contributed by atoms with E-state index in [9.17, 15) is 9.59 Å². The summed E-state index contributed by atoms with van der Waals surface area (Å²) in [7, 11) is 0. The van der Waals surface area contributed by atoms with Gasteiger partial charge in [0.05, 0.1) is 5.75 Å². The molecule has 0 unspecified atom stereocenters. The molecule has 24 heavy (non-hydrogen) atoms. The topological polar surface area (TPSA) is 75.4 Å². The van der Waals surface area contributed by atoms with Gasteiger partial charge in [-0.25, -0.2) is 5.84 Å². The molecule has 1 aliphatic rings. The Kier molecular flexibility index (Phi) is 5.17. The van der Waals surface area contributed by atoms with Gasteiger partial charge < -0.3 is 4.90 Å². The van der Waals surface area contributed by atoms with Crippen molar-refractivity contribution in [1.29, 1.82) is 0 Å². The van der Waals surface area contributed by atoms with Gasteiger partial charge in [-0.2, -0.15) is 0 Å². The molecule has 0 radical (unpaired) electrons. The Bertz CT molecular complexity index is 719. The third-order valence-corrected chi connectivity index (χ3v) is 5.30. The first kappa shape index (κ1) is 16.5. The third-order valence-electron chi connectivity index (χ3n) is 4.04. The van der Waals surface area contributed by atoms with Gasteiger partial charge in [0.2, 0.25) is 5.91 Å². The zero-order valence-electron chi connectivity index (χ0n) is 13.1. The van der Waals surface area contributed by atoms with Crippen LogP contribution in [0.1, 0.15) is 26.9 Å². The van der Waals surface area contributed by atoms with Crippen molar-refractivity contribution in [1.82, 2.24) is 10.3 Å². The molecule has 1 fully saturated rings. The lowest BCUT2D eigenvalue weighted by molar-refractivity contribution is -0.128. The summed E-state index contributed by atoms with van der Waals surface area (Å²) >= 11 is 1.62. The number of amides is 2. The fourth-order valence-electron chi connectivity index (χ4n) is 2.75. The second-order valence-corrected chi connectivity index (χ2v) is 6.65. The summed E-state index contributed by atoms with van der Waals surface area (Å²) in [6.07, 6.45) is 0.831. The number of nitrogen functional groups attached to an aromatic ring is 1. The van der Waals surface area contributed by atoms with E-state index in [-0.39, 0.29) is 17.2 Å². The summed E-state index contributed by atoms with van der Waals surface area (Å²) in [5.74, 6) is 5.47. The Labute approximate surface area is 145 Å². The largest absolute Gasteiger partial charge is 0.326 e. The molecule has 0 aliphatic carbocycles. The first-order chi connectivity index (χ1) is 11.7. The highest BCUT2D eigenvalue weighted by Gasteiger charge is 2.32. The molecule has 3 N–H and O–H groups in total. The average Bonchev–Trinajstić information content (AvgIpc) is 3.01. The number of carbonyl (C=O) groups is 2. The molecule has 0 aromatic heterocycles. The molecular formula is C18H19N3O2S. The van der Waals surface area contributed by atoms with E-state index in [1.165, 1.54) is 5.56 Å². The van der Waals surface area contributed by atoms with Crippen molar-refractivity contribution in [3.63, 3.8) is 0 Å². The van der Waals surface area contributed by atoms with Crippen LogP contribution in [0, 0.1) is 0 Å². The first-order valence-electron chi connectivity index (χ1n) is 7.75. The van der Waals surface area contributed by atoms with Gasteiger partial charge in [0.25, 0.3) is 5.91 Å². The highest BCUT2D eigenvalue weighted by atomic mass is 32.2. The molecule has 6 heteroatoms. The second-order valence-electron chi connectivity index (χ2n) is 5.58. The maximum absolute atomic E-state index is 12.2. The standard InChI is InChI=1S/C18H19N3O2S/c19-20-17(23)14-6-8-15(9-7-14)18-21(16(22)12-24-18)11-10-13-4-2-1-3-5-13/h1-9,18H,10-12,19H2,(H,20,23)/t18-/m0/s1. The van der Waals surface area contributed by atoms with Crippen LogP contribution in [0.25, 0.3) is 0 Å². The number of hydrazine groups is 1. The molecule has 1 heterocycles. The summed E-state index contributed by atoms with van der Waals surface area (Å²) in [4.78, 5) is 25.7. The van der Waals surface area contributed by atoms with Crippen LogP contribution < -0.4 is 11.3 Å². The molecule has 2 amide bonds. The molecule has 5 nitrogen and oxygen atoms in total. The van der Waals surface area contributed by atoms with Gasteiger partial charge in [-0.3, -0.25) is 15.0 Å². The molecule has 2 aromatic carbocycles. The van der Waals surface area contributed by atoms with Gasteiger partial charge in [0, 0.05) is 12.1 Å². The van der Waals surface area contributed by atoms with E-state index in [0.29, 0.717) is 17.9 Å². The first-order valence-corrected chi connectivity index (χ1v) is 8.80. The minimum atomic E-state index is -0.322. The number of carbonyl (C=O) groups excluding carboxylic acids is 2. The fourth-order valence-corrected chi connectivity index (χ4v) is 3.97. The third kappa shape index (κ3) is 3.60. The summed E-state index contributed by atoms with van der Waals surface area (Å²) < 4.78 is 0. The average molecular weight is 341 g/mol. The van der Waals surface area contributed by atoms with Gasteiger partial charge in [0.1, 0.15) is 5.37 Å². The van der Waals surface area contributed by atoms with Gasteiger partial charge >= 0.3 is 0 Å². The maximum atomic E-state index is 12.2. The Hall–Kier alpha value is -2.31. The number of nitrogens with one attached hydrogen (secondary N) is 1. The summed E-state index contributed by atoms with van der Waals surface area (Å²) in [6.45, 7) is 0.686. The van der Waals surface area contributed by atoms with Crippen molar-refractivity contribution < 1.29 is 9.59 Å². The van der Waals surface area contributed by atoms with Gasteiger partial charge in [0.15, 0.2) is 0 Å². The van der Waals surface area contributed by atoms with Crippen molar-refractivity contribution in [3.8, 4) is 0 Å². The summed E-state index contributed by atoms with van der Waals surface area (Å²) in [5, 5.41) is -0.00352. The smallest absolute Gasteiger partial charge is 0.265 e. The van der Waals surface area contributed by atoms with Crippen LogP contribution >= 0.6 is 11.8 Å². The predicted molar refractivity (Wildman–Crippen MR) is 95.2 cm³/mol. The number of hydrogen-bond acceptors (Lipinski definition) is 4. The molecule has 0 saturated carbocycles. The van der Waals surface area contributed by atoms with Crippen molar-refractivity contribution in [2.75, 3.05) is 12.3 Å². The number of rotatable bonds is 5. The predicted octanol–water partition coefficient (Wildman–Crippen LogP) is 2.11. The normalized spacial score (nSPS) is 17.1. The monoisotopic (exact) mass is 341 g/mol. The van der Waals surface area contributed by atoms with Crippen LogP contribution in [-0.2, 0) is 11.2 Å². The Morgan fingerprint density at radius 1 is 1.17 bits per heavy atom. The molecule has 0 bridgehead atoms. The fraction of sp³-hybridized carbons (Fsp3) is 0.222. The maximum Gasteiger partial charge on any atom is 0.265 e. The summed E-state index contributed by atoms with van der Waals surface area (Å²) in [5.41, 5.74) is 4.86. The molecule has 1 aliphatic heterocycles. The van der Waals surface area contributed by atoms with Gasteiger partial charge in [-0.1, -0.05) is 42.5 Å². The zero-order chi connectivity index (χ0) is 16.9. The number of nitrogens with zero attached hydrogens (tertiary/aromatic N) is 1. The lowest BCUT2D eigenvalue weighted by atomic mass is 10.1. The Balaban J connectivity index is 1.71. The highest BCUT2D eigenvalue weighted by molar-refractivity contribution is 8.00. The number of benzene rings is 2. The van der Waals surface area contributed by atoms with Crippen molar-refractivity contribution >= 4 is 23.6 Å². The van der Waals surface area contributed by atoms with E-state index in [4.69, 9.17) is 5.84 Å². The molecule has 3 rings (SSSR count). The highest BCUT2D eigenvalue weighted by Crippen LogP contribution is 2.38. The van der Waals surface area contributed by atoms with Crippen LogP contribution in [0.4, 0.5) is 0 Å². The van der Waals surface area contributed by atoms with Crippen molar-refractivity contribution in [2.24, 2.45) is 5.84 Å². The minimum Gasteiger partial charge on any atom is -0.326 e. The van der Waals surface area contributed by atoms with E-state index in [1.807, 2.05) is 35.2 Å². The van der Waals surface area contributed by atoms with E-state index in [0.717, 1.165) is 12.0 Å². The molecular weight excluding hydrogens is 322 g/mol. The van der Waals surface area contributed by atoms with Gasteiger partial charge in [-0.15, -0.1) is 11.8 Å². The molecule has 2 aromatic rings. The quantitative estimate of drug-likeness (QED) is 0.496. The lowest BCUT2D eigenvalue weighted by Gasteiger charge is -2.24. The van der Waals surface area contributed by atoms with Crippen LogP contribution in [0.15, 0.2) is 54.6 Å². The van der Waals surface area contributed by atoms with Crippen LogP contribution in [0.5, 0.6) is 0 Å². The number of hydrogen-bond donors (Lipinski definition) is 2. The number of nitrogens with two attached hydrogens (primary N) is 1. The zero-order valence-corrected chi connectivity index (χ0v) is 14.0. The van der Waals surface area contributed by atoms with Gasteiger partial charge in [-0.05, 0) is 29.7 Å². The van der Waals surface area contributed by atoms with E-state index in [1.54, 1.807) is 23.9 Å². The lowest BCUT2D eigenvalue weighted by Crippen LogP contribution is -2.31. The Morgan fingerprint density at radius 3 is 2.54 bits per heavy atom. The molecule has 1 saturated heterocycles. The molecule has 0 spiro atoms. The Morgan fingerprint density at radius 2 is 1.88 bits per heavy atom. The summed E-state index contributed by atoms with van der Waals surface area (Å²) in [6, 6.07) is 17.4. The SMILES string of the molecule is NNC(=O)c1ccc([C@@H]2SCC(=O)N2CCc2ccccc2)cc1. The van der Waals surface area contributed by atoms with Crippen molar-refractivity contribution in [3.05, 3.63) is 71.3 Å². The van der Waals surface area contributed by atoms with Crippen LogP contribution in [-0.4, -0.2) is 29.0 Å². The minimum absolute atomic E-state index is 0.00352. The molecule has 1 atom stereocenters. The van der Waals surface area contributed by atoms with Crippen molar-refractivity contribution in [2.45, 2.75) is 11.8 Å². The van der Waals surface area contributed by atoms with E-state index in [2.05, 4.69) is 17.6 Å². The molecule has 124 valence electrons. The number of thioether (sulfide) groups is 1. The second kappa shape index (κ2) is 7.51. The van der Waals surface area contributed by atoms with E-state index >= 15 is 0 Å². The van der Waals surface area contributed by atoms with Crippen LogP contribution in [0.2, 0.25) is 0 Å². The van der Waals surface area contributed by atoms with Crippen LogP contribution in [0.3, 0.4) is 0 Å². The van der Waals surface area contributed by atoms with E-state index < -0.39 is 0 Å².